The van der Waals surface area contributed by atoms with Crippen LogP contribution in [0.5, 0.6) is 0 Å². The first-order chi connectivity index (χ1) is 9.16. The molecule has 0 saturated heterocycles. The maximum absolute atomic E-state index is 11.9. The third-order valence-corrected chi connectivity index (χ3v) is 3.20. The van der Waals surface area contributed by atoms with E-state index in [1.807, 2.05) is 36.4 Å². The van der Waals surface area contributed by atoms with Crippen molar-refractivity contribution in [1.29, 1.82) is 0 Å². The summed E-state index contributed by atoms with van der Waals surface area (Å²) in [5.74, 6) is -0.0856. The van der Waals surface area contributed by atoms with Crippen LogP contribution in [0.15, 0.2) is 48.5 Å². The number of nitrogens with one attached hydrogen (secondary N) is 1. The third kappa shape index (κ3) is 3.83. The number of halogens is 1. The van der Waals surface area contributed by atoms with Crippen LogP contribution < -0.4 is 5.32 Å². The van der Waals surface area contributed by atoms with Crippen molar-refractivity contribution in [3.8, 4) is 0 Å². The van der Waals surface area contributed by atoms with Gasteiger partial charge in [-0.3, -0.25) is 4.79 Å². The van der Waals surface area contributed by atoms with Crippen molar-refractivity contribution >= 4 is 17.5 Å². The molecule has 0 unspecified atom stereocenters. The van der Waals surface area contributed by atoms with Crippen LogP contribution in [0.2, 0.25) is 5.02 Å². The van der Waals surface area contributed by atoms with Gasteiger partial charge in [-0.05, 0) is 42.7 Å². The molecule has 2 rings (SSSR count). The predicted octanol–water partition coefficient (Wildman–Crippen LogP) is 3.49. The topological polar surface area (TPSA) is 29.1 Å². The molecular formula is C16H15ClNO. The molecule has 0 bridgehead atoms. The quantitative estimate of drug-likeness (QED) is 0.907. The van der Waals surface area contributed by atoms with E-state index in [-0.39, 0.29) is 5.91 Å². The van der Waals surface area contributed by atoms with E-state index in [1.54, 1.807) is 12.1 Å². The molecule has 0 aromatic heterocycles. The Balaban J connectivity index is 1.90. The average Bonchev–Trinajstić information content (AvgIpc) is 2.41. The molecule has 2 aromatic rings. The second kappa shape index (κ2) is 6.39. The summed E-state index contributed by atoms with van der Waals surface area (Å²) in [6.45, 7) is 4.37. The minimum atomic E-state index is -0.0856. The molecule has 1 radical (unpaired) electrons. The summed E-state index contributed by atoms with van der Waals surface area (Å²) in [6.07, 6.45) is 0.718. The minimum absolute atomic E-state index is 0.0856. The van der Waals surface area contributed by atoms with E-state index >= 15 is 0 Å². The fourth-order valence-corrected chi connectivity index (χ4v) is 2.06. The van der Waals surface area contributed by atoms with E-state index < -0.39 is 0 Å². The highest BCUT2D eigenvalue weighted by Crippen LogP contribution is 2.14. The van der Waals surface area contributed by atoms with Crippen LogP contribution in [0.25, 0.3) is 0 Å². The molecule has 1 N–H and O–H groups in total. The number of carbonyl (C=O) groups excluding carboxylic acids is 1. The highest BCUT2D eigenvalue weighted by atomic mass is 35.5. The lowest BCUT2D eigenvalue weighted by Crippen LogP contribution is -2.25. The van der Waals surface area contributed by atoms with E-state index in [4.69, 9.17) is 11.6 Å². The molecule has 2 aromatic carbocycles. The van der Waals surface area contributed by atoms with E-state index in [0.29, 0.717) is 12.1 Å². The molecule has 2 nitrogen and oxygen atoms in total. The van der Waals surface area contributed by atoms with Crippen molar-refractivity contribution in [2.75, 3.05) is 6.54 Å². The number of hydrogen-bond acceptors (Lipinski definition) is 1. The number of amides is 1. The van der Waals surface area contributed by atoms with E-state index in [9.17, 15) is 4.79 Å². The minimum Gasteiger partial charge on any atom is -0.352 e. The van der Waals surface area contributed by atoms with Gasteiger partial charge in [-0.1, -0.05) is 41.9 Å². The van der Waals surface area contributed by atoms with Crippen LogP contribution in [-0.4, -0.2) is 12.5 Å². The Morgan fingerprint density at radius 2 is 1.95 bits per heavy atom. The summed E-state index contributed by atoms with van der Waals surface area (Å²) in [7, 11) is 0. The van der Waals surface area contributed by atoms with Gasteiger partial charge in [0.15, 0.2) is 0 Å². The Hall–Kier alpha value is -1.80. The first-order valence-electron chi connectivity index (χ1n) is 6.10. The summed E-state index contributed by atoms with van der Waals surface area (Å²) in [6, 6.07) is 14.9. The van der Waals surface area contributed by atoms with E-state index in [0.717, 1.165) is 22.6 Å². The monoisotopic (exact) mass is 272 g/mol. The lowest BCUT2D eigenvalue weighted by Gasteiger charge is -2.07. The van der Waals surface area contributed by atoms with Gasteiger partial charge in [0.05, 0.1) is 0 Å². The summed E-state index contributed by atoms with van der Waals surface area (Å²) in [4.78, 5) is 11.9. The molecule has 0 heterocycles. The molecule has 97 valence electrons. The lowest BCUT2D eigenvalue weighted by molar-refractivity contribution is 0.0954. The Morgan fingerprint density at radius 1 is 1.16 bits per heavy atom. The summed E-state index contributed by atoms with van der Waals surface area (Å²) in [5, 5.41) is 3.61. The molecule has 0 fully saturated rings. The summed E-state index contributed by atoms with van der Waals surface area (Å²) >= 11 is 6.06. The largest absolute Gasteiger partial charge is 0.352 e. The number of benzene rings is 2. The Kier molecular flexibility index (Phi) is 4.58. The Labute approximate surface area is 118 Å². The maximum atomic E-state index is 11.9. The van der Waals surface area contributed by atoms with Gasteiger partial charge in [-0.2, -0.15) is 0 Å². The number of rotatable bonds is 4. The molecule has 19 heavy (non-hydrogen) atoms. The number of carbonyl (C=O) groups is 1. The lowest BCUT2D eigenvalue weighted by atomic mass is 10.1. The van der Waals surface area contributed by atoms with E-state index in [2.05, 4.69) is 12.2 Å². The second-order valence-corrected chi connectivity index (χ2v) is 4.70. The van der Waals surface area contributed by atoms with Crippen molar-refractivity contribution in [3.05, 3.63) is 77.2 Å². The molecule has 0 spiro atoms. The van der Waals surface area contributed by atoms with Crippen LogP contribution in [0, 0.1) is 6.92 Å². The zero-order valence-electron chi connectivity index (χ0n) is 10.5. The van der Waals surface area contributed by atoms with Gasteiger partial charge in [0.1, 0.15) is 0 Å². The van der Waals surface area contributed by atoms with Crippen LogP contribution in [-0.2, 0) is 6.42 Å². The van der Waals surface area contributed by atoms with Crippen LogP contribution in [0.4, 0.5) is 0 Å². The van der Waals surface area contributed by atoms with Gasteiger partial charge in [-0.15, -0.1) is 0 Å². The summed E-state index contributed by atoms with van der Waals surface area (Å²) < 4.78 is 0. The average molecular weight is 273 g/mol. The van der Waals surface area contributed by atoms with Gasteiger partial charge in [-0.25, -0.2) is 0 Å². The Morgan fingerprint density at radius 3 is 2.68 bits per heavy atom. The first-order valence-corrected chi connectivity index (χ1v) is 6.48. The van der Waals surface area contributed by atoms with Crippen molar-refractivity contribution in [2.24, 2.45) is 0 Å². The molecule has 0 atom stereocenters. The smallest absolute Gasteiger partial charge is 0.251 e. The molecule has 0 aliphatic carbocycles. The van der Waals surface area contributed by atoms with Crippen molar-refractivity contribution in [2.45, 2.75) is 6.42 Å². The van der Waals surface area contributed by atoms with Crippen molar-refractivity contribution in [1.82, 2.24) is 5.32 Å². The molecule has 0 aliphatic heterocycles. The van der Waals surface area contributed by atoms with Gasteiger partial charge in [0.25, 0.3) is 5.91 Å². The second-order valence-electron chi connectivity index (χ2n) is 4.30. The standard InChI is InChI=1S/C16H15ClNO/c1-12-5-4-7-14(11-12)16(19)18-10-9-13-6-2-3-8-15(13)17/h2-8,11H,1,9-10H2,(H,18,19). The number of hydrogen-bond donors (Lipinski definition) is 1. The van der Waals surface area contributed by atoms with Crippen LogP contribution in [0.1, 0.15) is 21.5 Å². The van der Waals surface area contributed by atoms with Gasteiger partial charge in [0.2, 0.25) is 0 Å². The van der Waals surface area contributed by atoms with Gasteiger partial charge >= 0.3 is 0 Å². The van der Waals surface area contributed by atoms with E-state index in [1.165, 1.54) is 0 Å². The fraction of sp³-hybridized carbons (Fsp3) is 0.125. The van der Waals surface area contributed by atoms with Crippen molar-refractivity contribution < 1.29 is 4.79 Å². The zero-order valence-corrected chi connectivity index (χ0v) is 11.3. The maximum Gasteiger partial charge on any atom is 0.251 e. The molecule has 3 heteroatoms. The SMILES string of the molecule is [CH2]c1cccc(C(=O)NCCc2ccccc2Cl)c1. The Bertz CT molecular complexity index is 580. The third-order valence-electron chi connectivity index (χ3n) is 2.83. The molecule has 1 amide bonds. The first kappa shape index (κ1) is 13.6. The molecule has 0 saturated carbocycles. The van der Waals surface area contributed by atoms with Crippen LogP contribution in [0.3, 0.4) is 0 Å². The normalized spacial score (nSPS) is 10.2. The highest BCUT2D eigenvalue weighted by molar-refractivity contribution is 6.31. The predicted molar refractivity (Wildman–Crippen MR) is 78.4 cm³/mol. The fourth-order valence-electron chi connectivity index (χ4n) is 1.83. The highest BCUT2D eigenvalue weighted by Gasteiger charge is 2.05. The zero-order chi connectivity index (χ0) is 13.7. The van der Waals surface area contributed by atoms with Gasteiger partial charge < -0.3 is 5.32 Å². The summed E-state index contributed by atoms with van der Waals surface area (Å²) in [5.41, 5.74) is 2.50. The van der Waals surface area contributed by atoms with Crippen molar-refractivity contribution in [3.63, 3.8) is 0 Å². The van der Waals surface area contributed by atoms with Gasteiger partial charge in [0, 0.05) is 17.1 Å². The van der Waals surface area contributed by atoms with Crippen LogP contribution >= 0.6 is 11.6 Å². The molecule has 0 aliphatic rings. The molecular weight excluding hydrogens is 258 g/mol.